The molecule has 0 fully saturated rings. The van der Waals surface area contributed by atoms with Gasteiger partial charge in [0.25, 0.3) is 0 Å². The maximum absolute atomic E-state index is 11.9. The molecule has 0 spiro atoms. The minimum Gasteiger partial charge on any atom is -0.480 e. The summed E-state index contributed by atoms with van der Waals surface area (Å²) in [5.41, 5.74) is 1.59. The zero-order chi connectivity index (χ0) is 15.8. The summed E-state index contributed by atoms with van der Waals surface area (Å²) < 4.78 is 5.03. The van der Waals surface area contributed by atoms with Crippen LogP contribution in [0, 0.1) is 5.92 Å². The summed E-state index contributed by atoms with van der Waals surface area (Å²) in [6.45, 7) is 4.03. The van der Waals surface area contributed by atoms with Gasteiger partial charge in [0, 0.05) is 12.8 Å². The standard InChI is InChI=1S/C15H22N2O4/c1-10(2)13(14(18)19)17-15(20)16-12-7-5-4-6-11(12)8-9-21-3/h4-7,10,13H,8-9H2,1-3H3,(H,18,19)(H2,16,17,20)/t13-/m0/s1. The normalized spacial score (nSPS) is 12.0. The van der Waals surface area contributed by atoms with Gasteiger partial charge >= 0.3 is 12.0 Å². The SMILES string of the molecule is COCCc1ccccc1NC(=O)N[C@H](C(=O)O)C(C)C. The van der Waals surface area contributed by atoms with Crippen molar-refractivity contribution in [2.45, 2.75) is 26.3 Å². The van der Waals surface area contributed by atoms with Crippen molar-refractivity contribution in [3.8, 4) is 0 Å². The van der Waals surface area contributed by atoms with Gasteiger partial charge in [-0.3, -0.25) is 0 Å². The quantitative estimate of drug-likeness (QED) is 0.718. The van der Waals surface area contributed by atoms with Gasteiger partial charge in [-0.2, -0.15) is 0 Å². The number of carboxylic acid groups (broad SMARTS) is 1. The molecule has 0 aliphatic heterocycles. The summed E-state index contributed by atoms with van der Waals surface area (Å²) in [5, 5.41) is 14.2. The third kappa shape index (κ3) is 5.43. The number of urea groups is 1. The van der Waals surface area contributed by atoms with E-state index in [-0.39, 0.29) is 5.92 Å². The second-order valence-corrected chi connectivity index (χ2v) is 5.06. The zero-order valence-corrected chi connectivity index (χ0v) is 12.6. The van der Waals surface area contributed by atoms with Gasteiger partial charge in [0.15, 0.2) is 0 Å². The molecule has 21 heavy (non-hydrogen) atoms. The molecular formula is C15H22N2O4. The average Bonchev–Trinajstić information content (AvgIpc) is 2.43. The lowest BCUT2D eigenvalue weighted by Gasteiger charge is -2.19. The minimum absolute atomic E-state index is 0.197. The van der Waals surface area contributed by atoms with Crippen LogP contribution in [0.25, 0.3) is 0 Å². The maximum atomic E-state index is 11.9. The first kappa shape index (κ1) is 17.0. The van der Waals surface area contributed by atoms with Crippen LogP contribution >= 0.6 is 0 Å². The number of rotatable bonds is 7. The Labute approximate surface area is 124 Å². The Bertz CT molecular complexity index is 488. The van der Waals surface area contributed by atoms with Gasteiger partial charge in [-0.15, -0.1) is 0 Å². The van der Waals surface area contributed by atoms with Crippen LogP contribution in [-0.2, 0) is 16.0 Å². The summed E-state index contributed by atoms with van der Waals surface area (Å²) in [5.74, 6) is -1.25. The Balaban J connectivity index is 2.72. The number of aliphatic carboxylic acids is 1. The number of ether oxygens (including phenoxy) is 1. The summed E-state index contributed by atoms with van der Waals surface area (Å²) in [6.07, 6.45) is 0.666. The van der Waals surface area contributed by atoms with E-state index in [0.29, 0.717) is 18.7 Å². The van der Waals surface area contributed by atoms with E-state index in [9.17, 15) is 9.59 Å². The van der Waals surface area contributed by atoms with Crippen molar-refractivity contribution in [3.63, 3.8) is 0 Å². The molecule has 1 atom stereocenters. The number of benzene rings is 1. The molecule has 6 heteroatoms. The fraction of sp³-hybridized carbons (Fsp3) is 0.467. The van der Waals surface area contributed by atoms with Crippen molar-refractivity contribution in [1.29, 1.82) is 0 Å². The van der Waals surface area contributed by atoms with Gasteiger partial charge in [-0.1, -0.05) is 32.0 Å². The van der Waals surface area contributed by atoms with Crippen LogP contribution in [0.2, 0.25) is 0 Å². The van der Waals surface area contributed by atoms with Crippen LogP contribution in [0.15, 0.2) is 24.3 Å². The molecule has 0 saturated carbocycles. The fourth-order valence-electron chi connectivity index (χ4n) is 1.89. The largest absolute Gasteiger partial charge is 0.480 e. The predicted molar refractivity (Wildman–Crippen MR) is 80.4 cm³/mol. The average molecular weight is 294 g/mol. The molecule has 0 saturated heterocycles. The van der Waals surface area contributed by atoms with Gasteiger partial charge in [-0.25, -0.2) is 9.59 Å². The van der Waals surface area contributed by atoms with Crippen LogP contribution in [0.5, 0.6) is 0 Å². The van der Waals surface area contributed by atoms with E-state index in [0.717, 1.165) is 5.56 Å². The second-order valence-electron chi connectivity index (χ2n) is 5.06. The molecule has 0 aliphatic carbocycles. The number of methoxy groups -OCH3 is 1. The number of carbonyl (C=O) groups is 2. The molecule has 2 amide bonds. The summed E-state index contributed by atoms with van der Waals surface area (Å²) in [7, 11) is 1.61. The van der Waals surface area contributed by atoms with Crippen molar-refractivity contribution >= 4 is 17.7 Å². The monoisotopic (exact) mass is 294 g/mol. The lowest BCUT2D eigenvalue weighted by atomic mass is 10.1. The van der Waals surface area contributed by atoms with E-state index >= 15 is 0 Å². The van der Waals surface area contributed by atoms with Gasteiger partial charge in [0.05, 0.1) is 6.61 Å². The van der Waals surface area contributed by atoms with Crippen LogP contribution in [0.3, 0.4) is 0 Å². The highest BCUT2D eigenvalue weighted by Crippen LogP contribution is 2.15. The molecule has 0 aromatic heterocycles. The first-order valence-electron chi connectivity index (χ1n) is 6.83. The Morgan fingerprint density at radius 3 is 2.52 bits per heavy atom. The van der Waals surface area contributed by atoms with Gasteiger partial charge in [0.2, 0.25) is 0 Å². The number of anilines is 1. The molecule has 1 aromatic rings. The van der Waals surface area contributed by atoms with E-state index < -0.39 is 18.0 Å². The number of para-hydroxylation sites is 1. The van der Waals surface area contributed by atoms with Gasteiger partial charge in [0.1, 0.15) is 6.04 Å². The highest BCUT2D eigenvalue weighted by Gasteiger charge is 2.23. The second kappa shape index (κ2) is 8.26. The Hall–Kier alpha value is -2.08. The molecule has 1 rings (SSSR count). The number of carboxylic acids is 1. The third-order valence-corrected chi connectivity index (χ3v) is 3.06. The molecule has 6 nitrogen and oxygen atoms in total. The van der Waals surface area contributed by atoms with Crippen molar-refractivity contribution in [3.05, 3.63) is 29.8 Å². The van der Waals surface area contributed by atoms with Crippen molar-refractivity contribution in [1.82, 2.24) is 5.32 Å². The molecule has 116 valence electrons. The number of carbonyl (C=O) groups excluding carboxylic acids is 1. The molecule has 3 N–H and O–H groups in total. The smallest absolute Gasteiger partial charge is 0.326 e. The highest BCUT2D eigenvalue weighted by molar-refractivity contribution is 5.92. The van der Waals surface area contributed by atoms with Crippen LogP contribution in [-0.4, -0.2) is 36.9 Å². The fourth-order valence-corrected chi connectivity index (χ4v) is 1.89. The van der Waals surface area contributed by atoms with E-state index in [1.165, 1.54) is 0 Å². The van der Waals surface area contributed by atoms with Crippen LogP contribution in [0.4, 0.5) is 10.5 Å². The Kier molecular flexibility index (Phi) is 6.68. The molecule has 0 bridgehead atoms. The number of hydrogen-bond acceptors (Lipinski definition) is 3. The number of amides is 2. The molecule has 0 aliphatic rings. The third-order valence-electron chi connectivity index (χ3n) is 3.06. The van der Waals surface area contributed by atoms with Crippen LogP contribution < -0.4 is 10.6 Å². The molecule has 0 heterocycles. The number of nitrogens with one attached hydrogen (secondary N) is 2. The predicted octanol–water partition coefficient (Wildman–Crippen LogP) is 2.11. The van der Waals surface area contributed by atoms with E-state index in [1.54, 1.807) is 27.0 Å². The van der Waals surface area contributed by atoms with Crippen LogP contribution in [0.1, 0.15) is 19.4 Å². The molecular weight excluding hydrogens is 272 g/mol. The molecule has 0 unspecified atom stereocenters. The molecule has 1 aromatic carbocycles. The first-order valence-corrected chi connectivity index (χ1v) is 6.83. The van der Waals surface area contributed by atoms with Gasteiger partial charge < -0.3 is 20.5 Å². The molecule has 0 radical (unpaired) electrons. The number of hydrogen-bond donors (Lipinski definition) is 3. The minimum atomic E-state index is -1.05. The topological polar surface area (TPSA) is 87.7 Å². The first-order chi connectivity index (χ1) is 9.95. The summed E-state index contributed by atoms with van der Waals surface area (Å²) in [4.78, 5) is 23.0. The van der Waals surface area contributed by atoms with E-state index in [2.05, 4.69) is 10.6 Å². The summed E-state index contributed by atoms with van der Waals surface area (Å²) >= 11 is 0. The maximum Gasteiger partial charge on any atom is 0.326 e. The lowest BCUT2D eigenvalue weighted by Crippen LogP contribution is -2.46. The van der Waals surface area contributed by atoms with E-state index in [1.807, 2.05) is 18.2 Å². The highest BCUT2D eigenvalue weighted by atomic mass is 16.5. The van der Waals surface area contributed by atoms with Crippen molar-refractivity contribution in [2.75, 3.05) is 19.0 Å². The zero-order valence-electron chi connectivity index (χ0n) is 12.6. The lowest BCUT2D eigenvalue weighted by molar-refractivity contribution is -0.140. The summed E-state index contributed by atoms with van der Waals surface area (Å²) in [6, 6.07) is 5.91. The van der Waals surface area contributed by atoms with Crippen molar-refractivity contribution < 1.29 is 19.4 Å². The van der Waals surface area contributed by atoms with Crippen molar-refractivity contribution in [2.24, 2.45) is 5.92 Å². The van der Waals surface area contributed by atoms with E-state index in [4.69, 9.17) is 9.84 Å². The Morgan fingerprint density at radius 2 is 1.95 bits per heavy atom. The Morgan fingerprint density at radius 1 is 1.29 bits per heavy atom. The van der Waals surface area contributed by atoms with Gasteiger partial charge in [-0.05, 0) is 24.0 Å².